The third kappa shape index (κ3) is 3.68. The van der Waals surface area contributed by atoms with Gasteiger partial charge in [-0.2, -0.15) is 10.2 Å². The summed E-state index contributed by atoms with van der Waals surface area (Å²) >= 11 is 12.0. The van der Waals surface area contributed by atoms with Gasteiger partial charge in [-0.15, -0.1) is 0 Å². The van der Waals surface area contributed by atoms with Crippen LogP contribution in [-0.2, 0) is 13.1 Å². The number of hydrogen-bond donors (Lipinski definition) is 1. The summed E-state index contributed by atoms with van der Waals surface area (Å²) in [4.78, 5) is 22.6. The van der Waals surface area contributed by atoms with Gasteiger partial charge >= 0.3 is 5.69 Å². The first-order chi connectivity index (χ1) is 11.4. The number of aromatic nitrogens is 4. The molecule has 0 aliphatic heterocycles. The number of nitrogens with zero attached hydrogens (tertiary/aromatic N) is 5. The Balaban J connectivity index is 1.95. The molecular formula is C13H16Cl2N6O3. The average molecular weight is 375 g/mol. The summed E-state index contributed by atoms with van der Waals surface area (Å²) in [6.45, 7) is 4.62. The molecule has 0 spiro atoms. The van der Waals surface area contributed by atoms with E-state index in [0.29, 0.717) is 41.9 Å². The fourth-order valence-electron chi connectivity index (χ4n) is 2.18. The van der Waals surface area contributed by atoms with Crippen molar-refractivity contribution >= 4 is 34.8 Å². The highest BCUT2D eigenvalue weighted by Crippen LogP contribution is 2.25. The normalized spacial score (nSPS) is 10.8. The molecule has 0 radical (unpaired) electrons. The van der Waals surface area contributed by atoms with E-state index in [4.69, 9.17) is 23.2 Å². The van der Waals surface area contributed by atoms with Crippen LogP contribution in [0.1, 0.15) is 29.5 Å². The van der Waals surface area contributed by atoms with Gasteiger partial charge in [0.25, 0.3) is 5.91 Å². The number of rotatable bonds is 7. The maximum atomic E-state index is 12.2. The van der Waals surface area contributed by atoms with E-state index >= 15 is 0 Å². The number of nitro groups is 1. The summed E-state index contributed by atoms with van der Waals surface area (Å²) in [5, 5.41) is 22.4. The molecule has 9 nitrogen and oxygen atoms in total. The number of amides is 1. The second-order valence-corrected chi connectivity index (χ2v) is 5.71. The monoisotopic (exact) mass is 374 g/mol. The number of carbonyl (C=O) groups is 1. The molecule has 0 fully saturated rings. The van der Waals surface area contributed by atoms with E-state index in [1.807, 2.05) is 0 Å². The van der Waals surface area contributed by atoms with Crippen molar-refractivity contribution in [3.05, 3.63) is 37.9 Å². The molecule has 24 heavy (non-hydrogen) atoms. The predicted octanol–water partition coefficient (Wildman–Crippen LogP) is 2.44. The Morgan fingerprint density at radius 3 is 2.67 bits per heavy atom. The lowest BCUT2D eigenvalue weighted by molar-refractivity contribution is -0.385. The van der Waals surface area contributed by atoms with Gasteiger partial charge < -0.3 is 5.32 Å². The Kier molecular flexibility index (Phi) is 5.79. The number of halogens is 2. The summed E-state index contributed by atoms with van der Waals surface area (Å²) in [5.41, 5.74) is 0.263. The van der Waals surface area contributed by atoms with Crippen molar-refractivity contribution in [3.63, 3.8) is 0 Å². The van der Waals surface area contributed by atoms with E-state index in [0.717, 1.165) is 6.20 Å². The predicted molar refractivity (Wildman–Crippen MR) is 88.5 cm³/mol. The molecule has 0 aliphatic carbocycles. The van der Waals surface area contributed by atoms with Crippen LogP contribution in [-0.4, -0.2) is 36.9 Å². The molecule has 2 rings (SSSR count). The standard InChI is InChI=1S/C13H16Cl2N6O3/c1-3-19-11(9(7-17-19)21(23)24)13(22)16-5-4-6-20-12(15)10(14)8(2)18-20/h7H,3-6H2,1-2H3,(H,16,22). The van der Waals surface area contributed by atoms with Gasteiger partial charge in [0.2, 0.25) is 5.69 Å². The van der Waals surface area contributed by atoms with Crippen LogP contribution in [0.5, 0.6) is 0 Å². The maximum absolute atomic E-state index is 12.2. The van der Waals surface area contributed by atoms with Crippen molar-refractivity contribution in [2.75, 3.05) is 6.54 Å². The first kappa shape index (κ1) is 18.2. The van der Waals surface area contributed by atoms with Crippen molar-refractivity contribution < 1.29 is 9.72 Å². The molecule has 0 saturated heterocycles. The molecule has 2 heterocycles. The fraction of sp³-hybridized carbons (Fsp3) is 0.462. The Hall–Kier alpha value is -2.13. The quantitative estimate of drug-likeness (QED) is 0.454. The Morgan fingerprint density at radius 1 is 1.42 bits per heavy atom. The van der Waals surface area contributed by atoms with Crippen LogP contribution in [0, 0.1) is 17.0 Å². The molecule has 1 amide bonds. The van der Waals surface area contributed by atoms with Crippen LogP contribution in [0.4, 0.5) is 5.69 Å². The lowest BCUT2D eigenvalue weighted by Crippen LogP contribution is -2.28. The van der Waals surface area contributed by atoms with Gasteiger partial charge in [-0.25, -0.2) is 0 Å². The van der Waals surface area contributed by atoms with E-state index in [1.165, 1.54) is 4.68 Å². The minimum absolute atomic E-state index is 0.0569. The SMILES string of the molecule is CCn1ncc([N+](=O)[O-])c1C(=O)NCCCn1nc(C)c(Cl)c1Cl. The molecule has 1 N–H and O–H groups in total. The highest BCUT2D eigenvalue weighted by atomic mass is 35.5. The first-order valence-electron chi connectivity index (χ1n) is 7.23. The highest BCUT2D eigenvalue weighted by Gasteiger charge is 2.25. The molecule has 2 aromatic heterocycles. The van der Waals surface area contributed by atoms with E-state index in [9.17, 15) is 14.9 Å². The number of hydrogen-bond acceptors (Lipinski definition) is 5. The topological polar surface area (TPSA) is 108 Å². The third-order valence-electron chi connectivity index (χ3n) is 3.36. The Morgan fingerprint density at radius 2 is 2.12 bits per heavy atom. The third-order valence-corrected chi connectivity index (χ3v) is 4.29. The summed E-state index contributed by atoms with van der Waals surface area (Å²) in [6, 6.07) is 0. The smallest absolute Gasteiger partial charge is 0.320 e. The van der Waals surface area contributed by atoms with Gasteiger partial charge in [0.1, 0.15) is 16.4 Å². The highest BCUT2D eigenvalue weighted by molar-refractivity contribution is 6.41. The zero-order chi connectivity index (χ0) is 17.9. The molecule has 0 aliphatic rings. The van der Waals surface area contributed by atoms with Gasteiger partial charge in [0, 0.05) is 19.6 Å². The maximum Gasteiger partial charge on any atom is 0.320 e. The summed E-state index contributed by atoms with van der Waals surface area (Å²) in [7, 11) is 0. The molecule has 2 aromatic rings. The number of carbonyl (C=O) groups excluding carboxylic acids is 1. The fourth-order valence-corrected chi connectivity index (χ4v) is 2.57. The van der Waals surface area contributed by atoms with Crippen LogP contribution in [0.15, 0.2) is 6.20 Å². The molecule has 0 aromatic carbocycles. The van der Waals surface area contributed by atoms with Crippen molar-refractivity contribution in [2.24, 2.45) is 0 Å². The zero-order valence-corrected chi connectivity index (χ0v) is 14.6. The number of aryl methyl sites for hydroxylation is 3. The van der Waals surface area contributed by atoms with Crippen LogP contribution in [0.3, 0.4) is 0 Å². The largest absolute Gasteiger partial charge is 0.350 e. The Bertz CT molecular complexity index is 770. The zero-order valence-electron chi connectivity index (χ0n) is 13.1. The van der Waals surface area contributed by atoms with Crippen molar-refractivity contribution in [3.8, 4) is 0 Å². The first-order valence-corrected chi connectivity index (χ1v) is 7.99. The van der Waals surface area contributed by atoms with E-state index in [-0.39, 0.29) is 11.4 Å². The van der Waals surface area contributed by atoms with E-state index in [2.05, 4.69) is 15.5 Å². The van der Waals surface area contributed by atoms with Crippen molar-refractivity contribution in [1.82, 2.24) is 24.9 Å². The lowest BCUT2D eigenvalue weighted by atomic mass is 10.3. The van der Waals surface area contributed by atoms with Crippen LogP contribution in [0.2, 0.25) is 10.2 Å². The average Bonchev–Trinajstić information content (AvgIpc) is 3.08. The molecule has 130 valence electrons. The van der Waals surface area contributed by atoms with Gasteiger partial charge in [-0.05, 0) is 20.3 Å². The Labute approximate surface area is 147 Å². The van der Waals surface area contributed by atoms with E-state index < -0.39 is 10.8 Å². The van der Waals surface area contributed by atoms with Crippen LogP contribution in [0.25, 0.3) is 0 Å². The van der Waals surface area contributed by atoms with E-state index in [1.54, 1.807) is 18.5 Å². The van der Waals surface area contributed by atoms with Gasteiger partial charge in [-0.1, -0.05) is 23.2 Å². The summed E-state index contributed by atoms with van der Waals surface area (Å²) in [6.07, 6.45) is 1.61. The van der Waals surface area contributed by atoms with Gasteiger partial charge in [-0.3, -0.25) is 24.3 Å². The van der Waals surface area contributed by atoms with Crippen molar-refractivity contribution in [1.29, 1.82) is 0 Å². The second-order valence-electron chi connectivity index (χ2n) is 4.97. The van der Waals surface area contributed by atoms with Crippen molar-refractivity contribution in [2.45, 2.75) is 33.4 Å². The minimum atomic E-state index is -0.623. The summed E-state index contributed by atoms with van der Waals surface area (Å²) in [5.74, 6) is -0.540. The molecule has 0 unspecified atom stereocenters. The van der Waals surface area contributed by atoms with Crippen LogP contribution >= 0.6 is 23.2 Å². The second kappa shape index (κ2) is 7.63. The lowest BCUT2D eigenvalue weighted by Gasteiger charge is -2.07. The molecule has 11 heteroatoms. The molecular weight excluding hydrogens is 359 g/mol. The summed E-state index contributed by atoms with van der Waals surface area (Å²) < 4.78 is 2.84. The molecule has 0 bridgehead atoms. The molecule has 0 atom stereocenters. The van der Waals surface area contributed by atoms with Gasteiger partial charge in [0.15, 0.2) is 0 Å². The minimum Gasteiger partial charge on any atom is -0.350 e. The van der Waals surface area contributed by atoms with Crippen LogP contribution < -0.4 is 5.32 Å². The molecule has 0 saturated carbocycles. The number of nitrogens with one attached hydrogen (secondary N) is 1. The van der Waals surface area contributed by atoms with Gasteiger partial charge in [0.05, 0.1) is 10.6 Å².